The minimum absolute atomic E-state index is 0.273. The second-order valence-corrected chi connectivity index (χ2v) is 2.74. The quantitative estimate of drug-likeness (QED) is 0.510. The van der Waals surface area contributed by atoms with Crippen molar-refractivity contribution < 1.29 is 9.13 Å². The molecular formula is C11H11FO. The van der Waals surface area contributed by atoms with Crippen LogP contribution in [0.2, 0.25) is 0 Å². The first-order valence-corrected chi connectivity index (χ1v) is 4.06. The highest BCUT2D eigenvalue weighted by Crippen LogP contribution is 2.18. The molecule has 13 heavy (non-hydrogen) atoms. The molecule has 0 saturated carbocycles. The van der Waals surface area contributed by atoms with Crippen LogP contribution in [0, 0.1) is 25.1 Å². The van der Waals surface area contributed by atoms with Crippen LogP contribution in [0.25, 0.3) is 0 Å². The van der Waals surface area contributed by atoms with E-state index in [-0.39, 0.29) is 11.6 Å². The standard InChI is InChI=1S/C11H11FO/c1-3-4-7-13-11-8-9(2)5-6-10(11)12/h1,5-6,8H,4,7H2,2H3. The highest BCUT2D eigenvalue weighted by atomic mass is 19.1. The largest absolute Gasteiger partial charge is 0.490 e. The highest BCUT2D eigenvalue weighted by molar-refractivity contribution is 5.29. The summed E-state index contributed by atoms with van der Waals surface area (Å²) in [5, 5.41) is 0. The molecule has 0 N–H and O–H groups in total. The van der Waals surface area contributed by atoms with Gasteiger partial charge in [0.1, 0.15) is 0 Å². The fourth-order valence-corrected chi connectivity index (χ4v) is 0.941. The topological polar surface area (TPSA) is 9.23 Å². The van der Waals surface area contributed by atoms with Crippen LogP contribution in [0.5, 0.6) is 5.75 Å². The van der Waals surface area contributed by atoms with E-state index in [9.17, 15) is 4.39 Å². The lowest BCUT2D eigenvalue weighted by Gasteiger charge is -2.05. The van der Waals surface area contributed by atoms with Gasteiger partial charge in [0.05, 0.1) is 6.61 Å². The zero-order valence-corrected chi connectivity index (χ0v) is 7.51. The molecular weight excluding hydrogens is 167 g/mol. The molecule has 0 amide bonds. The van der Waals surface area contributed by atoms with Crippen LogP contribution in [0.1, 0.15) is 12.0 Å². The normalized spacial score (nSPS) is 9.31. The van der Waals surface area contributed by atoms with Crippen molar-refractivity contribution in [3.63, 3.8) is 0 Å². The van der Waals surface area contributed by atoms with Gasteiger partial charge in [-0.15, -0.1) is 12.3 Å². The number of aryl methyl sites for hydroxylation is 1. The maximum Gasteiger partial charge on any atom is 0.165 e. The summed E-state index contributed by atoms with van der Waals surface area (Å²) in [5.41, 5.74) is 0.970. The fourth-order valence-electron chi connectivity index (χ4n) is 0.941. The molecule has 0 aliphatic carbocycles. The Labute approximate surface area is 77.5 Å². The Morgan fingerprint density at radius 3 is 3.00 bits per heavy atom. The predicted octanol–water partition coefficient (Wildman–Crippen LogP) is 2.54. The molecule has 0 spiro atoms. The molecule has 0 atom stereocenters. The number of hydrogen-bond acceptors (Lipinski definition) is 1. The van der Waals surface area contributed by atoms with Crippen LogP contribution >= 0.6 is 0 Å². The Kier molecular flexibility index (Phi) is 3.33. The second kappa shape index (κ2) is 4.51. The first-order chi connectivity index (χ1) is 6.24. The van der Waals surface area contributed by atoms with Crippen molar-refractivity contribution in [3.05, 3.63) is 29.6 Å². The third kappa shape index (κ3) is 2.79. The van der Waals surface area contributed by atoms with E-state index in [1.807, 2.05) is 6.92 Å². The first kappa shape index (κ1) is 9.60. The third-order valence-corrected chi connectivity index (χ3v) is 1.59. The SMILES string of the molecule is C#CCCOc1cc(C)ccc1F. The molecule has 2 heteroatoms. The van der Waals surface area contributed by atoms with Gasteiger partial charge in [0.2, 0.25) is 0 Å². The number of ether oxygens (including phenoxy) is 1. The van der Waals surface area contributed by atoms with Crippen LogP contribution in [-0.4, -0.2) is 6.61 Å². The Morgan fingerprint density at radius 2 is 2.31 bits per heavy atom. The Hall–Kier alpha value is -1.49. The van der Waals surface area contributed by atoms with E-state index in [0.29, 0.717) is 13.0 Å². The molecule has 0 unspecified atom stereocenters. The van der Waals surface area contributed by atoms with Crippen molar-refractivity contribution >= 4 is 0 Å². The van der Waals surface area contributed by atoms with Crippen LogP contribution in [0.15, 0.2) is 18.2 Å². The van der Waals surface area contributed by atoms with Crippen molar-refractivity contribution in [2.75, 3.05) is 6.61 Å². The van der Waals surface area contributed by atoms with E-state index < -0.39 is 0 Å². The van der Waals surface area contributed by atoms with Crippen molar-refractivity contribution in [3.8, 4) is 18.1 Å². The van der Waals surface area contributed by atoms with Gasteiger partial charge in [0, 0.05) is 6.42 Å². The van der Waals surface area contributed by atoms with Crippen molar-refractivity contribution in [1.29, 1.82) is 0 Å². The molecule has 1 aromatic carbocycles. The summed E-state index contributed by atoms with van der Waals surface area (Å²) >= 11 is 0. The maximum atomic E-state index is 13.0. The summed E-state index contributed by atoms with van der Waals surface area (Å²) in [6.07, 6.45) is 5.53. The minimum Gasteiger partial charge on any atom is -0.490 e. The van der Waals surface area contributed by atoms with E-state index in [0.717, 1.165) is 5.56 Å². The molecule has 0 radical (unpaired) electrons. The summed E-state index contributed by atoms with van der Waals surface area (Å²) in [6.45, 7) is 2.24. The van der Waals surface area contributed by atoms with Crippen LogP contribution in [-0.2, 0) is 0 Å². The molecule has 0 bridgehead atoms. The molecule has 1 nitrogen and oxygen atoms in total. The highest BCUT2D eigenvalue weighted by Gasteiger charge is 2.01. The lowest BCUT2D eigenvalue weighted by Crippen LogP contribution is -1.98. The molecule has 0 aliphatic heterocycles. The van der Waals surface area contributed by atoms with Gasteiger partial charge in [-0.05, 0) is 24.6 Å². The number of terminal acetylenes is 1. The Balaban J connectivity index is 2.65. The van der Waals surface area contributed by atoms with E-state index in [2.05, 4.69) is 5.92 Å². The molecule has 0 fully saturated rings. The molecule has 68 valence electrons. The smallest absolute Gasteiger partial charge is 0.165 e. The van der Waals surface area contributed by atoms with Gasteiger partial charge in [-0.25, -0.2) is 4.39 Å². The average molecular weight is 178 g/mol. The summed E-state index contributed by atoms with van der Waals surface area (Å²) in [5.74, 6) is 2.35. The van der Waals surface area contributed by atoms with E-state index in [4.69, 9.17) is 11.2 Å². The summed E-state index contributed by atoms with van der Waals surface area (Å²) in [7, 11) is 0. The lowest BCUT2D eigenvalue weighted by molar-refractivity contribution is 0.310. The molecule has 1 rings (SSSR count). The number of benzene rings is 1. The zero-order valence-electron chi connectivity index (χ0n) is 7.51. The van der Waals surface area contributed by atoms with E-state index in [1.165, 1.54) is 6.07 Å². The average Bonchev–Trinajstić information content (AvgIpc) is 2.11. The van der Waals surface area contributed by atoms with Gasteiger partial charge >= 0.3 is 0 Å². The maximum absolute atomic E-state index is 13.0. The minimum atomic E-state index is -0.345. The summed E-state index contributed by atoms with van der Waals surface area (Å²) < 4.78 is 18.2. The summed E-state index contributed by atoms with van der Waals surface area (Å²) in [4.78, 5) is 0. The van der Waals surface area contributed by atoms with E-state index in [1.54, 1.807) is 12.1 Å². The number of rotatable bonds is 3. The van der Waals surface area contributed by atoms with Gasteiger partial charge in [-0.2, -0.15) is 0 Å². The fraction of sp³-hybridized carbons (Fsp3) is 0.273. The first-order valence-electron chi connectivity index (χ1n) is 4.06. The van der Waals surface area contributed by atoms with Gasteiger partial charge < -0.3 is 4.74 Å². The number of hydrogen-bond donors (Lipinski definition) is 0. The number of halogens is 1. The van der Waals surface area contributed by atoms with E-state index >= 15 is 0 Å². The zero-order chi connectivity index (χ0) is 9.68. The third-order valence-electron chi connectivity index (χ3n) is 1.59. The Bertz CT molecular complexity index is 325. The molecule has 0 saturated heterocycles. The van der Waals surface area contributed by atoms with Gasteiger partial charge in [0.15, 0.2) is 11.6 Å². The van der Waals surface area contributed by atoms with Gasteiger partial charge in [-0.1, -0.05) is 6.07 Å². The van der Waals surface area contributed by atoms with Crippen molar-refractivity contribution in [2.45, 2.75) is 13.3 Å². The monoisotopic (exact) mass is 178 g/mol. The molecule has 0 heterocycles. The van der Waals surface area contributed by atoms with Crippen LogP contribution < -0.4 is 4.74 Å². The Morgan fingerprint density at radius 1 is 1.54 bits per heavy atom. The van der Waals surface area contributed by atoms with Crippen LogP contribution in [0.3, 0.4) is 0 Å². The molecule has 0 aliphatic rings. The van der Waals surface area contributed by atoms with Gasteiger partial charge in [0.25, 0.3) is 0 Å². The molecule has 0 aromatic heterocycles. The van der Waals surface area contributed by atoms with Crippen LogP contribution in [0.4, 0.5) is 4.39 Å². The van der Waals surface area contributed by atoms with Crippen molar-refractivity contribution in [1.82, 2.24) is 0 Å². The van der Waals surface area contributed by atoms with Gasteiger partial charge in [-0.3, -0.25) is 0 Å². The van der Waals surface area contributed by atoms with Crippen molar-refractivity contribution in [2.24, 2.45) is 0 Å². The predicted molar refractivity (Wildman–Crippen MR) is 50.1 cm³/mol. The lowest BCUT2D eigenvalue weighted by atomic mass is 10.2. The second-order valence-electron chi connectivity index (χ2n) is 2.74. The summed E-state index contributed by atoms with van der Waals surface area (Å²) in [6, 6.07) is 4.75. The molecule has 1 aromatic rings.